The summed E-state index contributed by atoms with van der Waals surface area (Å²) in [5, 5.41) is 21.1. The minimum Gasteiger partial charge on any atom is -0.508 e. The number of rotatable bonds is 2. The van der Waals surface area contributed by atoms with Gasteiger partial charge in [-0.3, -0.25) is 4.79 Å². The van der Waals surface area contributed by atoms with Gasteiger partial charge in [0.1, 0.15) is 17.3 Å². The van der Waals surface area contributed by atoms with Gasteiger partial charge in [-0.25, -0.2) is 4.39 Å². The van der Waals surface area contributed by atoms with Crippen molar-refractivity contribution < 1.29 is 19.4 Å². The van der Waals surface area contributed by atoms with Gasteiger partial charge in [0.25, 0.3) is 5.91 Å². The van der Waals surface area contributed by atoms with E-state index >= 15 is 0 Å². The summed E-state index contributed by atoms with van der Waals surface area (Å²) < 4.78 is 12.9. The minimum atomic E-state index is -0.584. The molecule has 2 aromatic carbocycles. The fourth-order valence-corrected chi connectivity index (χ4v) is 1.73. The monoisotopic (exact) mass is 281 g/mol. The van der Waals surface area contributed by atoms with E-state index < -0.39 is 11.7 Å². The fraction of sp³-hybridized carbons (Fsp3) is 0. The molecule has 0 heterocycles. The van der Waals surface area contributed by atoms with Crippen molar-refractivity contribution in [2.75, 3.05) is 5.32 Å². The van der Waals surface area contributed by atoms with Gasteiger partial charge in [-0.2, -0.15) is 0 Å². The average Bonchev–Trinajstić information content (AvgIpc) is 2.31. The van der Waals surface area contributed by atoms with Crippen molar-refractivity contribution in [3.8, 4) is 11.5 Å². The van der Waals surface area contributed by atoms with Gasteiger partial charge in [-0.1, -0.05) is 11.6 Å². The molecule has 3 N–H and O–H groups in total. The molecule has 0 unspecified atom stereocenters. The molecule has 4 nitrogen and oxygen atoms in total. The van der Waals surface area contributed by atoms with Gasteiger partial charge < -0.3 is 15.5 Å². The molecule has 98 valence electrons. The van der Waals surface area contributed by atoms with Gasteiger partial charge in [-0.05, 0) is 30.3 Å². The van der Waals surface area contributed by atoms with Crippen LogP contribution >= 0.6 is 11.6 Å². The number of hydrogen-bond acceptors (Lipinski definition) is 3. The smallest absolute Gasteiger partial charge is 0.255 e. The fourth-order valence-electron chi connectivity index (χ4n) is 1.51. The number of anilines is 1. The van der Waals surface area contributed by atoms with Crippen LogP contribution in [0.2, 0.25) is 5.02 Å². The lowest BCUT2D eigenvalue weighted by Gasteiger charge is -2.08. The molecule has 0 radical (unpaired) electrons. The van der Waals surface area contributed by atoms with Crippen LogP contribution in [0.5, 0.6) is 11.5 Å². The van der Waals surface area contributed by atoms with Crippen LogP contribution in [-0.4, -0.2) is 16.1 Å². The first kappa shape index (κ1) is 13.2. The van der Waals surface area contributed by atoms with Gasteiger partial charge in [0.2, 0.25) is 0 Å². The normalized spacial score (nSPS) is 10.2. The zero-order valence-corrected chi connectivity index (χ0v) is 10.3. The Hall–Kier alpha value is -2.27. The van der Waals surface area contributed by atoms with E-state index in [1.54, 1.807) is 0 Å². The van der Waals surface area contributed by atoms with Gasteiger partial charge in [0.15, 0.2) is 0 Å². The third kappa shape index (κ3) is 3.14. The van der Waals surface area contributed by atoms with Crippen molar-refractivity contribution in [2.45, 2.75) is 0 Å². The Bertz CT molecular complexity index is 626. The molecule has 0 aliphatic heterocycles. The summed E-state index contributed by atoms with van der Waals surface area (Å²) in [6.07, 6.45) is 0. The van der Waals surface area contributed by atoms with Crippen molar-refractivity contribution in [3.05, 3.63) is 52.8 Å². The number of phenolic OH excluding ortho intramolecular Hbond substituents is 2. The molecular weight excluding hydrogens is 273 g/mol. The standard InChI is InChI=1S/C13H9ClFNO3/c14-11-5-8(15)1-2-12(11)16-13(19)7-3-9(17)6-10(18)4-7/h1-6,17-18H,(H,16,19). The lowest BCUT2D eigenvalue weighted by Crippen LogP contribution is -2.12. The minimum absolute atomic E-state index is 0.0534. The quantitative estimate of drug-likeness (QED) is 0.792. The first-order valence-electron chi connectivity index (χ1n) is 5.25. The van der Waals surface area contributed by atoms with Crippen LogP contribution in [0.4, 0.5) is 10.1 Å². The van der Waals surface area contributed by atoms with Crippen molar-refractivity contribution in [1.82, 2.24) is 0 Å². The van der Waals surface area contributed by atoms with Crippen molar-refractivity contribution in [3.63, 3.8) is 0 Å². The second kappa shape index (κ2) is 5.16. The average molecular weight is 282 g/mol. The molecule has 0 aromatic heterocycles. The van der Waals surface area contributed by atoms with E-state index in [2.05, 4.69) is 5.32 Å². The van der Waals surface area contributed by atoms with E-state index in [-0.39, 0.29) is 27.8 Å². The maximum atomic E-state index is 12.9. The molecule has 0 saturated carbocycles. The van der Waals surface area contributed by atoms with Crippen LogP contribution in [0.3, 0.4) is 0 Å². The van der Waals surface area contributed by atoms with Crippen LogP contribution in [-0.2, 0) is 0 Å². The van der Waals surface area contributed by atoms with E-state index in [9.17, 15) is 19.4 Å². The SMILES string of the molecule is O=C(Nc1ccc(F)cc1Cl)c1cc(O)cc(O)c1. The highest BCUT2D eigenvalue weighted by atomic mass is 35.5. The molecule has 2 rings (SSSR count). The number of nitrogens with one attached hydrogen (secondary N) is 1. The number of halogens is 2. The molecule has 0 saturated heterocycles. The summed E-state index contributed by atoms with van der Waals surface area (Å²) in [4.78, 5) is 11.9. The highest BCUT2D eigenvalue weighted by molar-refractivity contribution is 6.33. The molecular formula is C13H9ClFNO3. The lowest BCUT2D eigenvalue weighted by molar-refractivity contribution is 0.102. The van der Waals surface area contributed by atoms with Crippen LogP contribution in [0, 0.1) is 5.82 Å². The summed E-state index contributed by atoms with van der Waals surface area (Å²) in [5.74, 6) is -1.58. The van der Waals surface area contributed by atoms with Crippen molar-refractivity contribution >= 4 is 23.2 Å². The summed E-state index contributed by atoms with van der Waals surface area (Å²) in [5.41, 5.74) is 0.286. The predicted octanol–water partition coefficient (Wildman–Crippen LogP) is 3.14. The van der Waals surface area contributed by atoms with Gasteiger partial charge in [0, 0.05) is 11.6 Å². The van der Waals surface area contributed by atoms with Gasteiger partial charge in [-0.15, -0.1) is 0 Å². The highest BCUT2D eigenvalue weighted by Gasteiger charge is 2.11. The number of benzene rings is 2. The summed E-state index contributed by atoms with van der Waals surface area (Å²) in [6, 6.07) is 7.01. The van der Waals surface area contributed by atoms with Gasteiger partial charge >= 0.3 is 0 Å². The molecule has 0 fully saturated rings. The molecule has 19 heavy (non-hydrogen) atoms. The number of carbonyl (C=O) groups excluding carboxylic acids is 1. The van der Waals surface area contributed by atoms with Crippen LogP contribution in [0.15, 0.2) is 36.4 Å². The third-order valence-electron chi connectivity index (χ3n) is 2.34. The Morgan fingerprint density at radius 1 is 1.11 bits per heavy atom. The Morgan fingerprint density at radius 2 is 1.74 bits per heavy atom. The molecule has 1 amide bonds. The number of carbonyl (C=O) groups is 1. The topological polar surface area (TPSA) is 69.6 Å². The number of amides is 1. The zero-order chi connectivity index (χ0) is 14.0. The number of phenols is 2. The predicted molar refractivity (Wildman–Crippen MR) is 69.1 cm³/mol. The van der Waals surface area contributed by atoms with Crippen LogP contribution < -0.4 is 5.32 Å². The Kier molecular flexibility index (Phi) is 3.57. The molecule has 0 spiro atoms. The number of hydrogen-bond donors (Lipinski definition) is 3. The largest absolute Gasteiger partial charge is 0.508 e. The van der Waals surface area contributed by atoms with Crippen molar-refractivity contribution in [1.29, 1.82) is 0 Å². The van der Waals surface area contributed by atoms with E-state index in [1.165, 1.54) is 18.2 Å². The Morgan fingerprint density at radius 3 is 2.32 bits per heavy atom. The summed E-state index contributed by atoms with van der Waals surface area (Å²) in [6.45, 7) is 0. The number of aromatic hydroxyl groups is 2. The highest BCUT2D eigenvalue weighted by Crippen LogP contribution is 2.25. The second-order valence-electron chi connectivity index (χ2n) is 3.82. The Balaban J connectivity index is 2.25. The summed E-state index contributed by atoms with van der Waals surface area (Å²) >= 11 is 5.77. The van der Waals surface area contributed by atoms with Crippen LogP contribution in [0.25, 0.3) is 0 Å². The zero-order valence-electron chi connectivity index (χ0n) is 9.52. The third-order valence-corrected chi connectivity index (χ3v) is 2.66. The maximum absolute atomic E-state index is 12.9. The maximum Gasteiger partial charge on any atom is 0.255 e. The molecule has 0 atom stereocenters. The second-order valence-corrected chi connectivity index (χ2v) is 4.22. The van der Waals surface area contributed by atoms with E-state index in [0.29, 0.717) is 0 Å². The van der Waals surface area contributed by atoms with Crippen molar-refractivity contribution in [2.24, 2.45) is 0 Å². The first-order chi connectivity index (χ1) is 8.95. The van der Waals surface area contributed by atoms with E-state index in [0.717, 1.165) is 18.2 Å². The molecule has 2 aromatic rings. The van der Waals surface area contributed by atoms with E-state index in [4.69, 9.17) is 11.6 Å². The van der Waals surface area contributed by atoms with Gasteiger partial charge in [0.05, 0.1) is 10.7 Å². The molecule has 0 aliphatic carbocycles. The molecule has 0 bridgehead atoms. The van der Waals surface area contributed by atoms with E-state index in [1.807, 2.05) is 0 Å². The Labute approximate surface area is 113 Å². The summed E-state index contributed by atoms with van der Waals surface area (Å²) in [7, 11) is 0. The molecule has 6 heteroatoms. The van der Waals surface area contributed by atoms with Crippen LogP contribution in [0.1, 0.15) is 10.4 Å². The lowest BCUT2D eigenvalue weighted by atomic mass is 10.2. The first-order valence-corrected chi connectivity index (χ1v) is 5.63. The molecule has 0 aliphatic rings.